The zero-order valence-corrected chi connectivity index (χ0v) is 14.2. The van der Waals surface area contributed by atoms with Crippen LogP contribution in [0.15, 0.2) is 0 Å². The first-order valence-corrected chi connectivity index (χ1v) is 12.9. The van der Waals surface area contributed by atoms with E-state index in [1.165, 1.54) is 14.8 Å². The molecule has 0 saturated carbocycles. The summed E-state index contributed by atoms with van der Waals surface area (Å²) in [6, 6.07) is 0. The average molecular weight is 411 g/mol. The summed E-state index contributed by atoms with van der Waals surface area (Å²) in [5.74, 6) is 0.432. The van der Waals surface area contributed by atoms with E-state index in [-0.39, 0.29) is 23.4 Å². The van der Waals surface area contributed by atoms with Crippen molar-refractivity contribution in [2.24, 2.45) is 5.92 Å². The van der Waals surface area contributed by atoms with E-state index in [0.717, 1.165) is 19.6 Å². The van der Waals surface area contributed by atoms with E-state index < -0.39 is 0 Å². The monoisotopic (exact) mass is 409 g/mol. The van der Waals surface area contributed by atoms with E-state index in [9.17, 15) is 0 Å². The molecule has 0 aromatic carbocycles. The van der Waals surface area contributed by atoms with Gasteiger partial charge in [-0.05, 0) is 13.3 Å². The third-order valence-electron chi connectivity index (χ3n) is 1.40. The summed E-state index contributed by atoms with van der Waals surface area (Å²) in [7, 11) is 0. The van der Waals surface area contributed by atoms with Crippen molar-refractivity contribution in [3.8, 4) is 0 Å². The van der Waals surface area contributed by atoms with Gasteiger partial charge in [0.05, 0.1) is 0 Å². The first-order valence-electron chi connectivity index (χ1n) is 3.88. The Morgan fingerprint density at radius 2 is 2.14 bits per heavy atom. The molecule has 6 heteroatoms. The second-order valence-electron chi connectivity index (χ2n) is 2.32. The molecule has 0 N–H and O–H groups in total. The van der Waals surface area contributed by atoms with Gasteiger partial charge < -0.3 is 28.2 Å². The van der Waals surface area contributed by atoms with Crippen molar-refractivity contribution >= 4 is 19.8 Å². The van der Waals surface area contributed by atoms with Crippen LogP contribution in [0, 0.1) is 24.7 Å². The number of halogens is 1. The number of hydrogen-bond acceptors (Lipinski definition) is 3. The van der Waals surface area contributed by atoms with Crippen LogP contribution < -0.4 is 0 Å². The molecule has 0 aliphatic carbocycles. The van der Waals surface area contributed by atoms with Crippen LogP contribution in [0.25, 0.3) is 0 Å². The fourth-order valence-electron chi connectivity index (χ4n) is 0.954. The average Bonchev–Trinajstić information content (AvgIpc) is 2.59. The number of ether oxygens (including phenoxy) is 2. The maximum atomic E-state index is 6.25. The Balaban J connectivity index is -0.000000216. The van der Waals surface area contributed by atoms with Crippen LogP contribution in [0.2, 0.25) is 0 Å². The van der Waals surface area contributed by atoms with E-state index in [0.29, 0.717) is 5.92 Å². The molecule has 2 atom stereocenters. The van der Waals surface area contributed by atoms with Crippen LogP contribution in [0.1, 0.15) is 13.3 Å². The van der Waals surface area contributed by atoms with Crippen molar-refractivity contribution in [2.75, 3.05) is 13.2 Å². The van der Waals surface area contributed by atoms with Crippen molar-refractivity contribution < 1.29 is 41.3 Å². The molecule has 1 fully saturated rings. The van der Waals surface area contributed by atoms with Gasteiger partial charge in [-0.15, -0.1) is 5.92 Å². The molecular formula is C8H13CuINO2Zn. The Morgan fingerprint density at radius 3 is 2.43 bits per heavy atom. The van der Waals surface area contributed by atoms with E-state index >= 15 is 0 Å². The van der Waals surface area contributed by atoms with Gasteiger partial charge in [0, 0.05) is 13.2 Å². The second-order valence-corrected chi connectivity index (χ2v) is 2.32. The molecule has 0 unspecified atom stereocenters. The SMILES string of the molecule is [C-]#N.[CH2-][C@@H]1CO[C@@H](OCC)C1.[Cu+].[Zn+][I]. The zero-order chi connectivity index (χ0) is 10.7. The summed E-state index contributed by atoms with van der Waals surface area (Å²) >= 11 is 3.62. The topological polar surface area (TPSA) is 42.2 Å². The molecule has 3 nitrogen and oxygen atoms in total. The van der Waals surface area contributed by atoms with Crippen molar-refractivity contribution in [3.05, 3.63) is 13.5 Å². The number of nitrogens with zero attached hydrogens (tertiary/aromatic N) is 1. The maximum absolute atomic E-state index is 6.25. The van der Waals surface area contributed by atoms with E-state index in [1.807, 2.05) is 6.92 Å². The molecule has 0 bridgehead atoms. The number of hydrogen-bond donors (Lipinski definition) is 0. The molecule has 1 heterocycles. The molecule has 0 aromatic heterocycles. The molecule has 0 amide bonds. The molecule has 0 spiro atoms. The Morgan fingerprint density at radius 1 is 1.64 bits per heavy atom. The molecule has 1 aliphatic rings. The summed E-state index contributed by atoms with van der Waals surface area (Å²) in [6.45, 7) is 12.1. The third-order valence-corrected chi connectivity index (χ3v) is 1.40. The zero-order valence-electron chi connectivity index (χ0n) is 8.13. The molecule has 0 aromatic rings. The quantitative estimate of drug-likeness (QED) is 0.398. The van der Waals surface area contributed by atoms with Gasteiger partial charge in [0.2, 0.25) is 0 Å². The van der Waals surface area contributed by atoms with E-state index in [1.54, 1.807) is 0 Å². The Kier molecular flexibility index (Phi) is 24.7. The summed E-state index contributed by atoms with van der Waals surface area (Å²) in [6.07, 6.45) is 0.978. The Bertz CT molecular complexity index is 127. The summed E-state index contributed by atoms with van der Waals surface area (Å²) in [5, 5.41) is 6.25. The van der Waals surface area contributed by atoms with Crippen molar-refractivity contribution in [2.45, 2.75) is 19.6 Å². The summed E-state index contributed by atoms with van der Waals surface area (Å²) in [5.41, 5.74) is 0. The molecule has 1 aliphatic heterocycles. The third kappa shape index (κ3) is 11.4. The predicted molar refractivity (Wildman–Crippen MR) is 53.8 cm³/mol. The predicted octanol–water partition coefficient (Wildman–Crippen LogP) is 2.20. The normalized spacial score (nSPS) is 23.4. The first kappa shape index (κ1) is 20.7. The summed E-state index contributed by atoms with van der Waals surface area (Å²) < 4.78 is 10.4. The second kappa shape index (κ2) is 16.7. The van der Waals surface area contributed by atoms with Crippen LogP contribution in [0.5, 0.6) is 0 Å². The van der Waals surface area contributed by atoms with Crippen LogP contribution in [-0.4, -0.2) is 19.5 Å². The van der Waals surface area contributed by atoms with Crippen molar-refractivity contribution in [1.82, 2.24) is 0 Å². The fourth-order valence-corrected chi connectivity index (χ4v) is 0.954. The molecular weight excluding hydrogens is 398 g/mol. The van der Waals surface area contributed by atoms with Crippen LogP contribution in [0.3, 0.4) is 0 Å². The molecule has 82 valence electrons. The van der Waals surface area contributed by atoms with Gasteiger partial charge in [-0.1, -0.05) is 0 Å². The molecule has 0 radical (unpaired) electrons. The summed E-state index contributed by atoms with van der Waals surface area (Å²) in [4.78, 5) is 0. The van der Waals surface area contributed by atoms with E-state index in [4.69, 9.17) is 21.3 Å². The minimum absolute atomic E-state index is 0. The van der Waals surface area contributed by atoms with Gasteiger partial charge >= 0.3 is 51.6 Å². The van der Waals surface area contributed by atoms with Gasteiger partial charge in [-0.3, -0.25) is 0 Å². The van der Waals surface area contributed by atoms with Gasteiger partial charge in [-0.25, -0.2) is 0 Å². The van der Waals surface area contributed by atoms with Crippen LogP contribution >= 0.6 is 19.8 Å². The van der Waals surface area contributed by atoms with Gasteiger partial charge in [0.15, 0.2) is 6.29 Å². The van der Waals surface area contributed by atoms with E-state index in [2.05, 4.69) is 26.7 Å². The van der Waals surface area contributed by atoms with Gasteiger partial charge in [-0.2, -0.15) is 0 Å². The standard InChI is InChI=1S/C7H13O2.CN.Cu.HI.Zn/c1-3-8-7-4-6(2)5-9-7;1-2;;;/h6-7H,2-5H2,1H3;;;1H;/q2*-1;+1;;+2/p-1/t6-,7+;;;;/m0..../s1. The van der Waals surface area contributed by atoms with Gasteiger partial charge in [0.1, 0.15) is 0 Å². The first-order chi connectivity index (χ1) is 6.33. The van der Waals surface area contributed by atoms with Gasteiger partial charge in [0.25, 0.3) is 0 Å². The number of rotatable bonds is 2. The molecule has 1 saturated heterocycles. The van der Waals surface area contributed by atoms with Crippen LogP contribution in [0.4, 0.5) is 0 Å². The van der Waals surface area contributed by atoms with Crippen molar-refractivity contribution in [1.29, 1.82) is 5.26 Å². The molecule has 14 heavy (non-hydrogen) atoms. The van der Waals surface area contributed by atoms with Crippen molar-refractivity contribution in [3.63, 3.8) is 0 Å². The molecule has 1 rings (SSSR count). The van der Waals surface area contributed by atoms with Crippen LogP contribution in [-0.2, 0) is 41.3 Å². The Labute approximate surface area is 118 Å². The fraction of sp³-hybridized carbons (Fsp3) is 0.750. The Hall–Kier alpha value is 1.28. The minimum atomic E-state index is 0.